The van der Waals surface area contributed by atoms with Crippen molar-refractivity contribution in [2.45, 2.75) is 0 Å². The van der Waals surface area contributed by atoms with Gasteiger partial charge >= 0.3 is 0 Å². The Hall–Kier alpha value is -8.27. The molecule has 288 valence electrons. The van der Waals surface area contributed by atoms with Gasteiger partial charge in [-0.2, -0.15) is 0 Å². The first-order chi connectivity index (χ1) is 30.7. The number of benzene rings is 10. The van der Waals surface area contributed by atoms with E-state index in [0.717, 1.165) is 50.3 Å². The van der Waals surface area contributed by atoms with Gasteiger partial charge in [-0.1, -0.05) is 188 Å². The van der Waals surface area contributed by atoms with Gasteiger partial charge in [-0.15, -0.1) is 0 Å². The number of nitrogens with zero attached hydrogens (tertiary/aromatic N) is 3. The largest absolute Gasteiger partial charge is 0.264 e. The quantitative estimate of drug-likeness (QED) is 0.158. The molecule has 0 saturated heterocycles. The molecule has 0 bridgehead atoms. The van der Waals surface area contributed by atoms with Crippen LogP contribution in [-0.4, -0.2) is 15.0 Å². The highest BCUT2D eigenvalue weighted by Gasteiger charge is 2.16. The minimum atomic E-state index is 0.683. The van der Waals surface area contributed by atoms with Crippen LogP contribution in [0.2, 0.25) is 0 Å². The molecule has 0 aliphatic heterocycles. The summed E-state index contributed by atoms with van der Waals surface area (Å²) in [4.78, 5) is 14.8. The molecule has 0 atom stereocenters. The number of pyridine rings is 1. The lowest BCUT2D eigenvalue weighted by Gasteiger charge is -2.16. The van der Waals surface area contributed by atoms with Gasteiger partial charge in [0, 0.05) is 29.1 Å². The highest BCUT2D eigenvalue weighted by atomic mass is 14.9. The summed E-state index contributed by atoms with van der Waals surface area (Å²) in [7, 11) is 0. The van der Waals surface area contributed by atoms with Gasteiger partial charge in [-0.05, 0) is 112 Å². The van der Waals surface area contributed by atoms with Crippen LogP contribution in [0, 0.1) is 0 Å². The van der Waals surface area contributed by atoms with Crippen molar-refractivity contribution in [3.8, 4) is 67.3 Å². The Labute approximate surface area is 359 Å². The molecule has 2 aromatic heterocycles. The zero-order chi connectivity index (χ0) is 41.0. The van der Waals surface area contributed by atoms with Gasteiger partial charge < -0.3 is 0 Å². The molecule has 12 rings (SSSR count). The minimum absolute atomic E-state index is 0.683. The maximum Gasteiger partial charge on any atom is 0.160 e. The summed E-state index contributed by atoms with van der Waals surface area (Å²) in [5.74, 6) is 0.683. The number of aromatic nitrogens is 3. The zero-order valence-electron chi connectivity index (χ0n) is 33.7. The van der Waals surface area contributed by atoms with Gasteiger partial charge in [0.05, 0.1) is 11.4 Å². The third kappa shape index (κ3) is 6.18. The summed E-state index contributed by atoms with van der Waals surface area (Å²) >= 11 is 0. The zero-order valence-corrected chi connectivity index (χ0v) is 33.7. The minimum Gasteiger partial charge on any atom is -0.264 e. The van der Waals surface area contributed by atoms with Crippen LogP contribution in [0.3, 0.4) is 0 Å². The van der Waals surface area contributed by atoms with Crippen molar-refractivity contribution in [3.05, 3.63) is 225 Å². The van der Waals surface area contributed by atoms with E-state index < -0.39 is 0 Å². The van der Waals surface area contributed by atoms with Gasteiger partial charge in [-0.25, -0.2) is 9.97 Å². The van der Waals surface area contributed by atoms with E-state index in [1.807, 2.05) is 12.3 Å². The van der Waals surface area contributed by atoms with Crippen LogP contribution in [0.1, 0.15) is 0 Å². The lowest BCUT2D eigenvalue weighted by atomic mass is 9.87. The Kier molecular flexibility index (Phi) is 8.50. The molecule has 10 aromatic carbocycles. The van der Waals surface area contributed by atoms with Gasteiger partial charge in [-0.3, -0.25) is 4.98 Å². The Morgan fingerprint density at radius 1 is 0.274 bits per heavy atom. The first-order valence-corrected chi connectivity index (χ1v) is 21.1. The first-order valence-electron chi connectivity index (χ1n) is 21.1. The van der Waals surface area contributed by atoms with E-state index in [-0.39, 0.29) is 0 Å². The van der Waals surface area contributed by atoms with E-state index in [0.29, 0.717) is 5.82 Å². The predicted octanol–water partition coefficient (Wildman–Crippen LogP) is 15.6. The summed E-state index contributed by atoms with van der Waals surface area (Å²) in [5.41, 5.74) is 11.6. The molecule has 0 aliphatic rings. The lowest BCUT2D eigenvalue weighted by molar-refractivity contribution is 1.18. The second-order valence-corrected chi connectivity index (χ2v) is 16.0. The highest BCUT2D eigenvalue weighted by molar-refractivity contribution is 6.33. The molecular weight excluding hydrogens is 751 g/mol. The fourth-order valence-electron chi connectivity index (χ4n) is 9.25. The van der Waals surface area contributed by atoms with Crippen molar-refractivity contribution in [2.75, 3.05) is 0 Å². The average Bonchev–Trinajstić information content (AvgIpc) is 3.36. The summed E-state index contributed by atoms with van der Waals surface area (Å²) in [6, 6.07) is 76.2. The maximum atomic E-state index is 5.24. The van der Waals surface area contributed by atoms with Crippen LogP contribution in [0.25, 0.3) is 121 Å². The number of fused-ring (bicyclic) bond motifs is 9. The summed E-state index contributed by atoms with van der Waals surface area (Å²) < 4.78 is 0. The van der Waals surface area contributed by atoms with Crippen LogP contribution in [0.5, 0.6) is 0 Å². The van der Waals surface area contributed by atoms with Crippen LogP contribution in [-0.2, 0) is 0 Å². The SMILES string of the molecule is c1cncc(-c2ccc(-c3cc(-c4ccc(-c5cc6c7ccccc7c7ccccc7c6c6ccccc56)cc4)nc(-c4ccc(-c5ccc6ccccc6c5)cc4)n3)cc2)c1. The number of hydrogen-bond donors (Lipinski definition) is 0. The smallest absolute Gasteiger partial charge is 0.160 e. The van der Waals surface area contributed by atoms with Crippen molar-refractivity contribution in [3.63, 3.8) is 0 Å². The van der Waals surface area contributed by atoms with Gasteiger partial charge in [0.2, 0.25) is 0 Å². The molecule has 0 saturated carbocycles. The van der Waals surface area contributed by atoms with E-state index >= 15 is 0 Å². The fraction of sp³-hybridized carbons (Fsp3) is 0. The van der Waals surface area contributed by atoms with Crippen molar-refractivity contribution in [2.24, 2.45) is 0 Å². The second kappa shape index (κ2) is 14.8. The highest BCUT2D eigenvalue weighted by Crippen LogP contribution is 2.43. The molecule has 0 amide bonds. The summed E-state index contributed by atoms with van der Waals surface area (Å²) in [6.45, 7) is 0. The molecular formula is C59H37N3. The topological polar surface area (TPSA) is 38.7 Å². The maximum absolute atomic E-state index is 5.24. The summed E-state index contributed by atoms with van der Waals surface area (Å²) in [5, 5.41) is 12.6. The molecule has 0 spiro atoms. The molecule has 62 heavy (non-hydrogen) atoms. The average molecular weight is 788 g/mol. The van der Waals surface area contributed by atoms with Crippen molar-refractivity contribution in [1.82, 2.24) is 15.0 Å². The molecule has 0 N–H and O–H groups in total. The molecule has 3 nitrogen and oxygen atoms in total. The third-order valence-electron chi connectivity index (χ3n) is 12.4. The fourth-order valence-corrected chi connectivity index (χ4v) is 9.25. The van der Waals surface area contributed by atoms with Crippen LogP contribution >= 0.6 is 0 Å². The number of hydrogen-bond acceptors (Lipinski definition) is 3. The normalized spacial score (nSPS) is 11.5. The monoisotopic (exact) mass is 787 g/mol. The van der Waals surface area contributed by atoms with Crippen LogP contribution in [0.4, 0.5) is 0 Å². The van der Waals surface area contributed by atoms with Crippen molar-refractivity contribution < 1.29 is 0 Å². The standard InChI is InChI=1S/C59H37N3/c1-2-11-45-34-46(32-23-38(45)10-1)39-21-30-44(31-22-39)59-61-56(42-26-19-40(20-27-42)47-12-9-33-60-37-47)36-57(62-59)43-28-24-41(25-29-43)54-35-55-50-15-4-3-13-48(50)49-14-5-7-17-52(49)58(55)53-18-8-6-16-51(53)54/h1-37H. The third-order valence-corrected chi connectivity index (χ3v) is 12.4. The van der Waals surface area contributed by atoms with Gasteiger partial charge in [0.15, 0.2) is 5.82 Å². The Morgan fingerprint density at radius 2 is 0.758 bits per heavy atom. The Bertz CT molecular complexity index is 3650. The second-order valence-electron chi connectivity index (χ2n) is 16.0. The first kappa shape index (κ1) is 35.7. The Morgan fingerprint density at radius 3 is 1.40 bits per heavy atom. The van der Waals surface area contributed by atoms with Gasteiger partial charge in [0.25, 0.3) is 0 Å². The van der Waals surface area contributed by atoms with Crippen LogP contribution in [0.15, 0.2) is 225 Å². The molecule has 0 aliphatic carbocycles. The van der Waals surface area contributed by atoms with E-state index in [1.165, 1.54) is 65.0 Å². The van der Waals surface area contributed by atoms with Crippen molar-refractivity contribution in [1.29, 1.82) is 0 Å². The Balaban J connectivity index is 0.969. The number of rotatable bonds is 6. The molecule has 2 heterocycles. The van der Waals surface area contributed by atoms with Crippen LogP contribution < -0.4 is 0 Å². The molecule has 12 aromatic rings. The van der Waals surface area contributed by atoms with Gasteiger partial charge in [0.1, 0.15) is 0 Å². The predicted molar refractivity (Wildman–Crippen MR) is 260 cm³/mol. The lowest BCUT2D eigenvalue weighted by Crippen LogP contribution is -1.96. The van der Waals surface area contributed by atoms with E-state index in [9.17, 15) is 0 Å². The molecule has 0 radical (unpaired) electrons. The van der Waals surface area contributed by atoms with E-state index in [2.05, 4.69) is 211 Å². The molecule has 0 fully saturated rings. The van der Waals surface area contributed by atoms with E-state index in [1.54, 1.807) is 6.20 Å². The molecule has 3 heteroatoms. The van der Waals surface area contributed by atoms with Crippen molar-refractivity contribution >= 4 is 53.9 Å². The van der Waals surface area contributed by atoms with E-state index in [4.69, 9.17) is 9.97 Å². The summed E-state index contributed by atoms with van der Waals surface area (Å²) in [6.07, 6.45) is 3.70. The molecule has 0 unspecified atom stereocenters.